The number of rotatable bonds is 3. The molecule has 3 nitrogen and oxygen atoms in total. The second kappa shape index (κ2) is 3.78. The normalized spacial score (nSPS) is 9.80. The molecule has 0 saturated heterocycles. The third-order valence-electron chi connectivity index (χ3n) is 0.955. The van der Waals surface area contributed by atoms with Crippen LogP contribution in [0.15, 0.2) is 0 Å². The molecule has 1 heterocycles. The van der Waals surface area contributed by atoms with Crippen LogP contribution in [0.4, 0.5) is 5.13 Å². The van der Waals surface area contributed by atoms with Crippen molar-refractivity contribution in [1.82, 2.24) is 9.36 Å². The predicted molar refractivity (Wildman–Crippen MR) is 46.7 cm³/mol. The maximum absolute atomic E-state index is 4.19. The van der Waals surface area contributed by atoms with E-state index in [0.29, 0.717) is 0 Å². The lowest BCUT2D eigenvalue weighted by Crippen LogP contribution is -1.87. The molecule has 56 valence electrons. The fourth-order valence-corrected chi connectivity index (χ4v) is 1.55. The number of nitrogens with one attached hydrogen (secondary N) is 1. The second-order valence-corrected chi connectivity index (χ2v) is 3.32. The maximum Gasteiger partial charge on any atom is 0.202 e. The van der Waals surface area contributed by atoms with E-state index in [2.05, 4.69) is 14.7 Å². The van der Waals surface area contributed by atoms with Crippen LogP contribution in [-0.4, -0.2) is 22.7 Å². The lowest BCUT2D eigenvalue weighted by atomic mass is 10.7. The number of hydrogen-bond acceptors (Lipinski definition) is 5. The molecule has 5 heteroatoms. The van der Waals surface area contributed by atoms with Crippen molar-refractivity contribution in [3.63, 3.8) is 0 Å². The van der Waals surface area contributed by atoms with Gasteiger partial charge in [-0.05, 0) is 6.26 Å². The van der Waals surface area contributed by atoms with Crippen molar-refractivity contribution in [2.24, 2.45) is 0 Å². The summed E-state index contributed by atoms with van der Waals surface area (Å²) in [6.07, 6.45) is 2.04. The molecule has 0 unspecified atom stereocenters. The number of anilines is 1. The van der Waals surface area contributed by atoms with Gasteiger partial charge >= 0.3 is 0 Å². The lowest BCUT2D eigenvalue weighted by Gasteiger charge is -1.87. The monoisotopic (exact) mass is 175 g/mol. The molecule has 0 saturated carbocycles. The summed E-state index contributed by atoms with van der Waals surface area (Å²) in [6.45, 7) is 0. The molecule has 0 spiro atoms. The smallest absolute Gasteiger partial charge is 0.202 e. The highest BCUT2D eigenvalue weighted by atomic mass is 32.2. The first-order valence-corrected chi connectivity index (χ1v) is 5.03. The maximum atomic E-state index is 4.19. The highest BCUT2D eigenvalue weighted by molar-refractivity contribution is 7.97. The Bertz CT molecular complexity index is 199. The molecule has 0 atom stereocenters. The lowest BCUT2D eigenvalue weighted by molar-refractivity contribution is 1.14. The first kappa shape index (κ1) is 7.81. The van der Waals surface area contributed by atoms with E-state index in [9.17, 15) is 0 Å². The molecule has 1 N–H and O–H groups in total. The zero-order valence-electron chi connectivity index (χ0n) is 5.92. The van der Waals surface area contributed by atoms with Gasteiger partial charge in [0.25, 0.3) is 0 Å². The zero-order valence-corrected chi connectivity index (χ0v) is 7.55. The van der Waals surface area contributed by atoms with E-state index in [-0.39, 0.29) is 0 Å². The minimum atomic E-state index is 0.893. The molecule has 10 heavy (non-hydrogen) atoms. The molecule has 1 aromatic rings. The summed E-state index contributed by atoms with van der Waals surface area (Å²) in [6, 6.07) is 0. The summed E-state index contributed by atoms with van der Waals surface area (Å²) in [4.78, 5) is 4.19. The Morgan fingerprint density at radius 2 is 2.50 bits per heavy atom. The molecule has 0 fully saturated rings. The van der Waals surface area contributed by atoms with Crippen molar-refractivity contribution in [3.8, 4) is 0 Å². The van der Waals surface area contributed by atoms with Crippen LogP contribution in [0.3, 0.4) is 0 Å². The number of hydrogen-bond donors (Lipinski definition) is 1. The molecule has 0 aliphatic carbocycles. The Labute approximate surface area is 68.4 Å². The molecule has 0 amide bonds. The SMILES string of the molecule is CNc1nc(CSC)ns1. The molecule has 0 aliphatic rings. The van der Waals surface area contributed by atoms with E-state index in [1.807, 2.05) is 13.3 Å². The summed E-state index contributed by atoms with van der Waals surface area (Å²) >= 11 is 3.14. The molecule has 1 rings (SSSR count). The van der Waals surface area contributed by atoms with Crippen LogP contribution >= 0.6 is 23.3 Å². The van der Waals surface area contributed by atoms with Crippen molar-refractivity contribution in [2.45, 2.75) is 5.75 Å². The van der Waals surface area contributed by atoms with E-state index in [1.165, 1.54) is 11.5 Å². The minimum absolute atomic E-state index is 0.893. The number of aromatic nitrogens is 2. The summed E-state index contributed by atoms with van der Waals surface area (Å²) in [5.74, 6) is 1.82. The Hall–Kier alpha value is -0.290. The molecule has 1 aromatic heterocycles. The van der Waals surface area contributed by atoms with Crippen LogP contribution in [0.2, 0.25) is 0 Å². The van der Waals surface area contributed by atoms with Gasteiger partial charge in [0.1, 0.15) is 0 Å². The van der Waals surface area contributed by atoms with E-state index in [0.717, 1.165) is 16.7 Å². The van der Waals surface area contributed by atoms with Gasteiger partial charge in [-0.2, -0.15) is 16.1 Å². The van der Waals surface area contributed by atoms with Crippen molar-refractivity contribution in [2.75, 3.05) is 18.6 Å². The zero-order chi connectivity index (χ0) is 7.40. The van der Waals surface area contributed by atoms with Gasteiger partial charge in [-0.15, -0.1) is 0 Å². The van der Waals surface area contributed by atoms with Crippen molar-refractivity contribution in [1.29, 1.82) is 0 Å². The summed E-state index contributed by atoms with van der Waals surface area (Å²) < 4.78 is 4.12. The molecule has 0 bridgehead atoms. The topological polar surface area (TPSA) is 37.8 Å². The summed E-state index contributed by atoms with van der Waals surface area (Å²) in [5, 5.41) is 3.83. The van der Waals surface area contributed by atoms with E-state index in [1.54, 1.807) is 11.8 Å². The fourth-order valence-electron chi connectivity index (χ4n) is 0.543. The van der Waals surface area contributed by atoms with Gasteiger partial charge in [0.2, 0.25) is 5.13 Å². The van der Waals surface area contributed by atoms with E-state index in [4.69, 9.17) is 0 Å². The van der Waals surface area contributed by atoms with Crippen LogP contribution in [0.5, 0.6) is 0 Å². The highest BCUT2D eigenvalue weighted by Crippen LogP contribution is 2.12. The molecule has 0 radical (unpaired) electrons. The second-order valence-electron chi connectivity index (χ2n) is 1.70. The molecule has 0 aliphatic heterocycles. The average Bonchev–Trinajstić information content (AvgIpc) is 2.37. The van der Waals surface area contributed by atoms with Gasteiger partial charge in [0.05, 0.1) is 5.75 Å². The van der Waals surface area contributed by atoms with Gasteiger partial charge in [0, 0.05) is 18.6 Å². The Morgan fingerprint density at radius 1 is 1.70 bits per heavy atom. The van der Waals surface area contributed by atoms with E-state index < -0.39 is 0 Å². The largest absolute Gasteiger partial charge is 0.363 e. The predicted octanol–water partition coefficient (Wildman–Crippen LogP) is 1.44. The van der Waals surface area contributed by atoms with Crippen LogP contribution in [0, 0.1) is 0 Å². The summed E-state index contributed by atoms with van der Waals surface area (Å²) in [5.41, 5.74) is 0. The molecular weight excluding hydrogens is 166 g/mol. The third-order valence-corrected chi connectivity index (χ3v) is 2.27. The third kappa shape index (κ3) is 1.85. The van der Waals surface area contributed by atoms with Gasteiger partial charge < -0.3 is 5.32 Å². The van der Waals surface area contributed by atoms with Gasteiger partial charge in [0.15, 0.2) is 5.82 Å². The Morgan fingerprint density at radius 3 is 3.00 bits per heavy atom. The van der Waals surface area contributed by atoms with Crippen molar-refractivity contribution >= 4 is 28.4 Å². The molecule has 0 aromatic carbocycles. The van der Waals surface area contributed by atoms with Crippen LogP contribution < -0.4 is 5.32 Å². The first-order chi connectivity index (χ1) is 4.86. The quantitative estimate of drug-likeness (QED) is 0.754. The Kier molecular flexibility index (Phi) is 2.95. The van der Waals surface area contributed by atoms with Gasteiger partial charge in [-0.3, -0.25) is 0 Å². The highest BCUT2D eigenvalue weighted by Gasteiger charge is 1.99. The van der Waals surface area contributed by atoms with Crippen LogP contribution in [0.25, 0.3) is 0 Å². The van der Waals surface area contributed by atoms with Crippen molar-refractivity contribution in [3.05, 3.63) is 5.82 Å². The van der Waals surface area contributed by atoms with Crippen LogP contribution in [0.1, 0.15) is 5.82 Å². The minimum Gasteiger partial charge on any atom is -0.363 e. The number of thioether (sulfide) groups is 1. The van der Waals surface area contributed by atoms with Crippen LogP contribution in [-0.2, 0) is 5.75 Å². The van der Waals surface area contributed by atoms with E-state index >= 15 is 0 Å². The first-order valence-electron chi connectivity index (χ1n) is 2.86. The fraction of sp³-hybridized carbons (Fsp3) is 0.600. The standard InChI is InChI=1S/C5H9N3S2/c1-6-5-7-4(3-9-2)8-10-5/h3H2,1-2H3,(H,6,7,8). The number of nitrogens with zero attached hydrogens (tertiary/aromatic N) is 2. The average molecular weight is 175 g/mol. The van der Waals surface area contributed by atoms with Gasteiger partial charge in [-0.25, -0.2) is 4.98 Å². The van der Waals surface area contributed by atoms with Crippen molar-refractivity contribution < 1.29 is 0 Å². The Balaban J connectivity index is 2.59. The molecular formula is C5H9N3S2. The summed E-state index contributed by atoms with van der Waals surface area (Å²) in [7, 11) is 1.85. The van der Waals surface area contributed by atoms with Gasteiger partial charge in [-0.1, -0.05) is 0 Å².